The predicted molar refractivity (Wildman–Crippen MR) is 138 cm³/mol. The van der Waals surface area contributed by atoms with Crippen LogP contribution in [0.15, 0.2) is 46.9 Å². The molecule has 0 aliphatic rings. The maximum atomic E-state index is 12.5. The smallest absolute Gasteiger partial charge is 0.236 e. The minimum Gasteiger partial charge on any atom is -0.302 e. The van der Waals surface area contributed by atoms with E-state index in [1.165, 1.54) is 23.1 Å². The van der Waals surface area contributed by atoms with Crippen molar-refractivity contribution in [2.45, 2.75) is 18.6 Å². The number of aromatic nitrogens is 4. The average Bonchev–Trinajstić information content (AvgIpc) is 3.39. The fraction of sp³-hybridized carbons (Fsp3) is 0.143. The highest BCUT2D eigenvalue weighted by Gasteiger charge is 2.17. The summed E-state index contributed by atoms with van der Waals surface area (Å²) >= 11 is 27.1. The molecule has 6 nitrogen and oxygen atoms in total. The van der Waals surface area contributed by atoms with Crippen LogP contribution in [0.2, 0.25) is 20.1 Å². The number of carbonyl (C=O) groups excluding carboxylic acids is 1. The van der Waals surface area contributed by atoms with Gasteiger partial charge >= 0.3 is 0 Å². The van der Waals surface area contributed by atoms with E-state index in [1.807, 2.05) is 16.9 Å². The van der Waals surface area contributed by atoms with Crippen LogP contribution in [0.25, 0.3) is 22.6 Å². The van der Waals surface area contributed by atoms with Crippen LogP contribution in [0.3, 0.4) is 0 Å². The van der Waals surface area contributed by atoms with E-state index < -0.39 is 0 Å². The topological polar surface area (TPSA) is 72.7 Å². The lowest BCUT2D eigenvalue weighted by atomic mass is 10.2. The van der Waals surface area contributed by atoms with E-state index in [4.69, 9.17) is 46.4 Å². The lowest BCUT2D eigenvalue weighted by molar-refractivity contribution is -0.113. The quantitative estimate of drug-likeness (QED) is 0.239. The number of hydrogen-bond donors (Lipinski definition) is 1. The zero-order valence-corrected chi connectivity index (χ0v) is 21.6. The third-order valence-electron chi connectivity index (χ3n) is 4.50. The molecule has 0 bridgehead atoms. The molecule has 0 saturated carbocycles. The summed E-state index contributed by atoms with van der Waals surface area (Å²) in [7, 11) is 0. The Labute approximate surface area is 218 Å². The third-order valence-corrected chi connectivity index (χ3v) is 7.32. The zero-order chi connectivity index (χ0) is 23.5. The molecule has 0 aliphatic heterocycles. The second-order valence-corrected chi connectivity index (χ2v) is 10.2. The van der Waals surface area contributed by atoms with E-state index in [-0.39, 0.29) is 11.7 Å². The first-order valence-electron chi connectivity index (χ1n) is 9.58. The number of rotatable bonds is 7. The van der Waals surface area contributed by atoms with Gasteiger partial charge < -0.3 is 9.88 Å². The first-order chi connectivity index (χ1) is 15.9. The molecular formula is C21H15Cl4N5OS2. The molecule has 33 heavy (non-hydrogen) atoms. The highest BCUT2D eigenvalue weighted by Crippen LogP contribution is 2.33. The highest BCUT2D eigenvalue weighted by molar-refractivity contribution is 7.99. The number of nitrogens with one attached hydrogen (secondary N) is 1. The van der Waals surface area contributed by atoms with Gasteiger partial charge in [-0.1, -0.05) is 58.2 Å². The monoisotopic (exact) mass is 557 g/mol. The number of thiazole rings is 1. The van der Waals surface area contributed by atoms with Gasteiger partial charge in [-0.05, 0) is 43.3 Å². The maximum absolute atomic E-state index is 12.5. The largest absolute Gasteiger partial charge is 0.302 e. The lowest BCUT2D eigenvalue weighted by Gasteiger charge is -2.08. The summed E-state index contributed by atoms with van der Waals surface area (Å²) in [4.78, 5) is 17.0. The van der Waals surface area contributed by atoms with Crippen molar-refractivity contribution in [3.8, 4) is 22.6 Å². The number of anilines is 1. The number of benzene rings is 2. The molecule has 4 aromatic rings. The third kappa shape index (κ3) is 5.65. The Bertz CT molecular complexity index is 1320. The van der Waals surface area contributed by atoms with Crippen LogP contribution in [0.4, 0.5) is 5.13 Å². The fourth-order valence-electron chi connectivity index (χ4n) is 2.99. The SMILES string of the molecule is CCn1c(SCC(=O)Nc2nc(-c3ccc(Cl)cc3Cl)cs2)nnc1-c1ccc(Cl)cc1Cl. The minimum atomic E-state index is -0.208. The van der Waals surface area contributed by atoms with Crippen molar-refractivity contribution < 1.29 is 4.79 Å². The van der Waals surface area contributed by atoms with Crippen LogP contribution >= 0.6 is 69.5 Å². The number of amides is 1. The molecular weight excluding hydrogens is 544 g/mol. The van der Waals surface area contributed by atoms with Gasteiger partial charge in [0.05, 0.1) is 21.5 Å². The standard InChI is InChI=1S/C21H15Cl4N5OS2/c1-2-30-19(14-6-4-12(23)8-16(14)25)28-29-21(30)33-10-18(31)27-20-26-17(9-32-20)13-5-3-11(22)7-15(13)24/h3-9H,2,10H2,1H3,(H,26,27,31). The second kappa shape index (κ2) is 10.6. The Balaban J connectivity index is 1.42. The second-order valence-electron chi connectivity index (χ2n) is 6.67. The first-order valence-corrected chi connectivity index (χ1v) is 13.0. The Morgan fingerprint density at radius 2 is 1.70 bits per heavy atom. The van der Waals surface area contributed by atoms with E-state index in [9.17, 15) is 4.79 Å². The van der Waals surface area contributed by atoms with Gasteiger partial charge in [0.25, 0.3) is 0 Å². The van der Waals surface area contributed by atoms with Crippen molar-refractivity contribution in [3.05, 3.63) is 61.9 Å². The van der Waals surface area contributed by atoms with E-state index in [1.54, 1.807) is 36.4 Å². The van der Waals surface area contributed by atoms with Crippen LogP contribution in [-0.4, -0.2) is 31.4 Å². The molecule has 1 amide bonds. The summed E-state index contributed by atoms with van der Waals surface area (Å²) in [5, 5.41) is 16.3. The van der Waals surface area contributed by atoms with Crippen LogP contribution in [-0.2, 0) is 11.3 Å². The average molecular weight is 559 g/mol. The van der Waals surface area contributed by atoms with Gasteiger partial charge in [0.15, 0.2) is 16.1 Å². The molecule has 170 valence electrons. The molecule has 0 unspecified atom stereocenters. The molecule has 1 N–H and O–H groups in total. The zero-order valence-electron chi connectivity index (χ0n) is 17.0. The summed E-state index contributed by atoms with van der Waals surface area (Å²) in [6.45, 7) is 2.59. The molecule has 0 saturated heterocycles. The molecule has 0 spiro atoms. The summed E-state index contributed by atoms with van der Waals surface area (Å²) in [5.41, 5.74) is 2.14. The molecule has 0 fully saturated rings. The van der Waals surface area contributed by atoms with Crippen molar-refractivity contribution in [2.75, 3.05) is 11.1 Å². The maximum Gasteiger partial charge on any atom is 0.236 e. The number of halogens is 4. The van der Waals surface area contributed by atoms with Gasteiger partial charge in [-0.2, -0.15) is 0 Å². The van der Waals surface area contributed by atoms with Crippen LogP contribution < -0.4 is 5.32 Å². The molecule has 0 atom stereocenters. The lowest BCUT2D eigenvalue weighted by Crippen LogP contribution is -2.14. The van der Waals surface area contributed by atoms with E-state index in [0.717, 1.165) is 11.1 Å². The molecule has 0 aliphatic carbocycles. The Morgan fingerprint density at radius 1 is 1.03 bits per heavy atom. The summed E-state index contributed by atoms with van der Waals surface area (Å²) in [5.74, 6) is 0.551. The van der Waals surface area contributed by atoms with E-state index in [2.05, 4.69) is 20.5 Å². The van der Waals surface area contributed by atoms with Crippen molar-refractivity contribution in [3.63, 3.8) is 0 Å². The summed E-state index contributed by atoms with van der Waals surface area (Å²) in [6, 6.07) is 10.4. The van der Waals surface area contributed by atoms with Crippen LogP contribution in [0.5, 0.6) is 0 Å². The molecule has 2 aromatic heterocycles. The fourth-order valence-corrected chi connectivity index (χ4v) is 5.52. The van der Waals surface area contributed by atoms with Crippen molar-refractivity contribution in [1.82, 2.24) is 19.7 Å². The molecule has 12 heteroatoms. The van der Waals surface area contributed by atoms with E-state index >= 15 is 0 Å². The van der Waals surface area contributed by atoms with Gasteiger partial charge in [-0.3, -0.25) is 4.79 Å². The van der Waals surface area contributed by atoms with Gasteiger partial charge in [0, 0.05) is 33.1 Å². The number of hydrogen-bond acceptors (Lipinski definition) is 6. The molecule has 0 radical (unpaired) electrons. The van der Waals surface area contributed by atoms with Crippen molar-refractivity contribution in [1.29, 1.82) is 0 Å². The number of thioether (sulfide) groups is 1. The normalized spacial score (nSPS) is 11.1. The van der Waals surface area contributed by atoms with Crippen LogP contribution in [0, 0.1) is 0 Å². The van der Waals surface area contributed by atoms with Crippen molar-refractivity contribution >= 4 is 80.5 Å². The molecule has 2 heterocycles. The van der Waals surface area contributed by atoms with Gasteiger partial charge in [-0.25, -0.2) is 4.98 Å². The van der Waals surface area contributed by atoms with E-state index in [0.29, 0.717) is 48.4 Å². The highest BCUT2D eigenvalue weighted by atomic mass is 35.5. The summed E-state index contributed by atoms with van der Waals surface area (Å²) in [6.07, 6.45) is 0. The first kappa shape index (κ1) is 24.3. The number of carbonyl (C=O) groups is 1. The predicted octanol–water partition coefficient (Wildman–Crippen LogP) is 7.43. The van der Waals surface area contributed by atoms with Gasteiger partial charge in [0.2, 0.25) is 5.91 Å². The Hall–Kier alpha value is -1.81. The summed E-state index contributed by atoms with van der Waals surface area (Å²) < 4.78 is 1.90. The van der Waals surface area contributed by atoms with Crippen LogP contribution in [0.1, 0.15) is 6.92 Å². The molecule has 2 aromatic carbocycles. The minimum absolute atomic E-state index is 0.142. The van der Waals surface area contributed by atoms with Gasteiger partial charge in [-0.15, -0.1) is 21.5 Å². The van der Waals surface area contributed by atoms with Crippen molar-refractivity contribution in [2.24, 2.45) is 0 Å². The number of nitrogens with zero attached hydrogens (tertiary/aromatic N) is 4. The van der Waals surface area contributed by atoms with Gasteiger partial charge in [0.1, 0.15) is 0 Å². The Morgan fingerprint density at radius 3 is 2.33 bits per heavy atom. The Kier molecular flexibility index (Phi) is 7.83. The molecule has 4 rings (SSSR count).